The maximum atomic E-state index is 13.3. The van der Waals surface area contributed by atoms with Crippen molar-refractivity contribution in [3.05, 3.63) is 92.6 Å². The quantitative estimate of drug-likeness (QED) is 0.494. The molecular weight excluding hydrogens is 347 g/mol. The first kappa shape index (κ1) is 18.4. The molecule has 0 amide bonds. The number of thioether (sulfide) groups is 1. The summed E-state index contributed by atoms with van der Waals surface area (Å²) < 4.78 is 14.9. The van der Waals surface area contributed by atoms with E-state index < -0.39 is 0 Å². The highest BCUT2D eigenvalue weighted by Gasteiger charge is 2.13. The van der Waals surface area contributed by atoms with Crippen LogP contribution in [0.25, 0.3) is 0 Å². The highest BCUT2D eigenvalue weighted by atomic mass is 32.2. The van der Waals surface area contributed by atoms with E-state index in [4.69, 9.17) is 0 Å². The van der Waals surface area contributed by atoms with Gasteiger partial charge in [0.2, 0.25) is 0 Å². The molecule has 0 fully saturated rings. The molecule has 26 heavy (non-hydrogen) atoms. The van der Waals surface area contributed by atoms with Crippen LogP contribution in [0.5, 0.6) is 0 Å². The summed E-state index contributed by atoms with van der Waals surface area (Å²) in [4.78, 5) is 17.4. The van der Waals surface area contributed by atoms with E-state index in [9.17, 15) is 9.18 Å². The number of aryl methyl sites for hydroxylation is 2. The fraction of sp³-hybridized carbons (Fsp3) is 0.238. The summed E-state index contributed by atoms with van der Waals surface area (Å²) in [6, 6.07) is 14.7. The van der Waals surface area contributed by atoms with E-state index in [-0.39, 0.29) is 11.4 Å². The zero-order valence-electron chi connectivity index (χ0n) is 15.1. The van der Waals surface area contributed by atoms with Gasteiger partial charge in [0.15, 0.2) is 5.16 Å². The number of aromatic nitrogens is 2. The molecule has 0 saturated carbocycles. The molecule has 0 aliphatic rings. The van der Waals surface area contributed by atoms with Crippen LogP contribution in [0.3, 0.4) is 0 Å². The standard InChI is InChI=1S/C21H21FN2OS/c1-14-7-9-16(10-8-14)12-19-15(2)23-21(24(3)20(19)25)26-13-17-5-4-6-18(22)11-17/h4-11H,12-13H2,1-3H3. The average Bonchev–Trinajstić information content (AvgIpc) is 2.62. The van der Waals surface area contributed by atoms with Gasteiger partial charge in [0.1, 0.15) is 5.82 Å². The van der Waals surface area contributed by atoms with Crippen LogP contribution in [0.1, 0.15) is 27.9 Å². The molecule has 0 aliphatic heterocycles. The third-order valence-electron chi connectivity index (χ3n) is 4.31. The molecule has 0 N–H and O–H groups in total. The molecule has 0 aliphatic carbocycles. The van der Waals surface area contributed by atoms with Crippen LogP contribution in [0.2, 0.25) is 0 Å². The second kappa shape index (κ2) is 7.87. The van der Waals surface area contributed by atoms with Gasteiger partial charge < -0.3 is 0 Å². The molecule has 2 aromatic carbocycles. The van der Waals surface area contributed by atoms with E-state index in [0.29, 0.717) is 22.9 Å². The Kier molecular flexibility index (Phi) is 5.57. The predicted molar refractivity (Wildman–Crippen MR) is 104 cm³/mol. The zero-order chi connectivity index (χ0) is 18.7. The van der Waals surface area contributed by atoms with Gasteiger partial charge in [0.05, 0.1) is 0 Å². The minimum Gasteiger partial charge on any atom is -0.291 e. The zero-order valence-corrected chi connectivity index (χ0v) is 15.9. The molecule has 134 valence electrons. The molecule has 3 nitrogen and oxygen atoms in total. The lowest BCUT2D eigenvalue weighted by molar-refractivity contribution is 0.626. The van der Waals surface area contributed by atoms with Gasteiger partial charge in [-0.15, -0.1) is 0 Å². The third kappa shape index (κ3) is 4.22. The number of halogens is 1. The molecule has 1 heterocycles. The van der Waals surface area contributed by atoms with Crippen LogP contribution in [0.15, 0.2) is 58.5 Å². The Labute approximate surface area is 156 Å². The van der Waals surface area contributed by atoms with Gasteiger partial charge in [-0.1, -0.05) is 53.7 Å². The van der Waals surface area contributed by atoms with Gasteiger partial charge >= 0.3 is 0 Å². The first-order valence-corrected chi connectivity index (χ1v) is 9.42. The van der Waals surface area contributed by atoms with Gasteiger partial charge in [0, 0.05) is 30.5 Å². The van der Waals surface area contributed by atoms with E-state index in [1.54, 1.807) is 17.7 Å². The van der Waals surface area contributed by atoms with Crippen LogP contribution in [0.4, 0.5) is 4.39 Å². The van der Waals surface area contributed by atoms with Crippen molar-refractivity contribution in [3.8, 4) is 0 Å². The lowest BCUT2D eigenvalue weighted by atomic mass is 10.0. The van der Waals surface area contributed by atoms with Gasteiger partial charge in [-0.3, -0.25) is 9.36 Å². The summed E-state index contributed by atoms with van der Waals surface area (Å²) in [5.41, 5.74) is 4.59. The molecule has 3 aromatic rings. The minimum absolute atomic E-state index is 0.0279. The van der Waals surface area contributed by atoms with Crippen LogP contribution in [0, 0.1) is 19.7 Å². The predicted octanol–water partition coefficient (Wildman–Crippen LogP) is 4.42. The van der Waals surface area contributed by atoms with Crippen molar-refractivity contribution in [2.24, 2.45) is 7.05 Å². The maximum Gasteiger partial charge on any atom is 0.257 e. The molecule has 0 radical (unpaired) electrons. The molecule has 0 spiro atoms. The van der Waals surface area contributed by atoms with E-state index in [0.717, 1.165) is 16.8 Å². The number of hydrogen-bond donors (Lipinski definition) is 0. The topological polar surface area (TPSA) is 34.9 Å². The van der Waals surface area contributed by atoms with Gasteiger partial charge in [-0.25, -0.2) is 9.37 Å². The molecule has 0 atom stereocenters. The number of nitrogens with zero attached hydrogens (tertiary/aromatic N) is 2. The molecule has 5 heteroatoms. The lowest BCUT2D eigenvalue weighted by Crippen LogP contribution is -2.25. The summed E-state index contributed by atoms with van der Waals surface area (Å²) in [5, 5.41) is 0.643. The van der Waals surface area contributed by atoms with Crippen LogP contribution in [-0.2, 0) is 19.2 Å². The van der Waals surface area contributed by atoms with E-state index >= 15 is 0 Å². The van der Waals surface area contributed by atoms with Gasteiger partial charge in [-0.2, -0.15) is 0 Å². The van der Waals surface area contributed by atoms with Crippen molar-refractivity contribution in [3.63, 3.8) is 0 Å². The van der Waals surface area contributed by atoms with Gasteiger partial charge in [0.25, 0.3) is 5.56 Å². The Morgan fingerprint density at radius 3 is 2.50 bits per heavy atom. The summed E-state index contributed by atoms with van der Waals surface area (Å²) in [6.45, 7) is 3.91. The largest absolute Gasteiger partial charge is 0.291 e. The molecule has 0 unspecified atom stereocenters. The van der Waals surface area contributed by atoms with Gasteiger partial charge in [-0.05, 0) is 37.1 Å². The first-order valence-electron chi connectivity index (χ1n) is 8.43. The number of benzene rings is 2. The molecule has 0 saturated heterocycles. The summed E-state index contributed by atoms with van der Waals surface area (Å²) in [5.74, 6) is 0.309. The van der Waals surface area contributed by atoms with Crippen molar-refractivity contribution >= 4 is 11.8 Å². The summed E-state index contributed by atoms with van der Waals surface area (Å²) in [6.07, 6.45) is 0.570. The van der Waals surface area contributed by atoms with Crippen LogP contribution in [-0.4, -0.2) is 9.55 Å². The number of hydrogen-bond acceptors (Lipinski definition) is 3. The highest BCUT2D eigenvalue weighted by molar-refractivity contribution is 7.98. The van der Waals surface area contributed by atoms with Crippen molar-refractivity contribution < 1.29 is 4.39 Å². The van der Waals surface area contributed by atoms with Crippen molar-refractivity contribution in [2.45, 2.75) is 31.2 Å². The van der Waals surface area contributed by atoms with Crippen LogP contribution < -0.4 is 5.56 Å². The second-order valence-electron chi connectivity index (χ2n) is 6.40. The molecule has 1 aromatic heterocycles. The van der Waals surface area contributed by atoms with Crippen molar-refractivity contribution in [2.75, 3.05) is 0 Å². The van der Waals surface area contributed by atoms with Crippen LogP contribution >= 0.6 is 11.8 Å². The maximum absolute atomic E-state index is 13.3. The highest BCUT2D eigenvalue weighted by Crippen LogP contribution is 2.21. The monoisotopic (exact) mass is 368 g/mol. The third-order valence-corrected chi connectivity index (χ3v) is 5.41. The van der Waals surface area contributed by atoms with Crippen molar-refractivity contribution in [1.29, 1.82) is 0 Å². The molecule has 3 rings (SSSR count). The first-order chi connectivity index (χ1) is 12.4. The van der Waals surface area contributed by atoms with E-state index in [2.05, 4.69) is 4.98 Å². The Balaban J connectivity index is 1.83. The summed E-state index contributed by atoms with van der Waals surface area (Å²) >= 11 is 1.44. The smallest absolute Gasteiger partial charge is 0.257 e. The molecule has 0 bridgehead atoms. The number of rotatable bonds is 5. The summed E-state index contributed by atoms with van der Waals surface area (Å²) in [7, 11) is 1.74. The Hall–Kier alpha value is -2.40. The normalized spacial score (nSPS) is 10.9. The van der Waals surface area contributed by atoms with E-state index in [1.165, 1.54) is 29.5 Å². The minimum atomic E-state index is -0.255. The van der Waals surface area contributed by atoms with E-state index in [1.807, 2.05) is 44.2 Å². The molecular formula is C21H21FN2OS. The fourth-order valence-corrected chi connectivity index (χ4v) is 3.70. The average molecular weight is 368 g/mol. The SMILES string of the molecule is Cc1ccc(Cc2c(C)nc(SCc3cccc(F)c3)n(C)c2=O)cc1. The second-order valence-corrected chi connectivity index (χ2v) is 7.35. The Morgan fingerprint density at radius 2 is 1.81 bits per heavy atom. The Morgan fingerprint density at radius 1 is 1.08 bits per heavy atom. The van der Waals surface area contributed by atoms with Crippen molar-refractivity contribution in [1.82, 2.24) is 9.55 Å². The fourth-order valence-electron chi connectivity index (χ4n) is 2.75. The Bertz CT molecular complexity index is 980. The lowest BCUT2D eigenvalue weighted by Gasteiger charge is -2.12.